The highest BCUT2D eigenvalue weighted by atomic mass is 32.1. The van der Waals surface area contributed by atoms with E-state index in [2.05, 4.69) is 15.6 Å². The maximum absolute atomic E-state index is 12.6. The molecule has 5 nitrogen and oxygen atoms in total. The summed E-state index contributed by atoms with van der Waals surface area (Å²) in [6.07, 6.45) is -3.37. The second-order valence-corrected chi connectivity index (χ2v) is 7.35. The van der Waals surface area contributed by atoms with Gasteiger partial charge in [0.1, 0.15) is 0 Å². The van der Waals surface area contributed by atoms with Gasteiger partial charge in [-0.1, -0.05) is 6.07 Å². The number of fused-ring (bicyclic) bond motifs is 1. The highest BCUT2D eigenvalue weighted by Gasteiger charge is 2.30. The zero-order valence-electron chi connectivity index (χ0n) is 14.8. The van der Waals surface area contributed by atoms with Crippen molar-refractivity contribution in [3.8, 4) is 11.3 Å². The number of alkyl halides is 3. The third kappa shape index (κ3) is 4.14. The van der Waals surface area contributed by atoms with Crippen LogP contribution in [0.25, 0.3) is 11.3 Å². The van der Waals surface area contributed by atoms with Crippen LogP contribution in [0.1, 0.15) is 27.9 Å². The standard InChI is InChI=1S/C20H14F3N3O2S/c21-20(22,23)14-5-1-11(2-6-14)18(28)26-19-25-16(10-29-19)13-3-7-15-12(9-13)4-8-17(27)24-15/h1-3,5-7,9-10H,4,8H2,(H,24,27)(H,25,26,28). The van der Waals surface area contributed by atoms with E-state index in [1.54, 1.807) is 5.38 Å². The molecule has 2 amide bonds. The van der Waals surface area contributed by atoms with Gasteiger partial charge in [-0.15, -0.1) is 11.3 Å². The van der Waals surface area contributed by atoms with Crippen LogP contribution >= 0.6 is 11.3 Å². The number of aryl methyl sites for hydroxylation is 1. The topological polar surface area (TPSA) is 71.1 Å². The molecule has 0 saturated carbocycles. The number of aromatic nitrogens is 1. The maximum atomic E-state index is 12.6. The van der Waals surface area contributed by atoms with Crippen molar-refractivity contribution in [3.63, 3.8) is 0 Å². The Morgan fingerprint density at radius 2 is 1.86 bits per heavy atom. The minimum absolute atomic E-state index is 0.00725. The van der Waals surface area contributed by atoms with E-state index in [0.717, 1.165) is 41.1 Å². The molecule has 0 unspecified atom stereocenters. The van der Waals surface area contributed by atoms with Crippen molar-refractivity contribution >= 4 is 34.0 Å². The van der Waals surface area contributed by atoms with Crippen LogP contribution in [-0.4, -0.2) is 16.8 Å². The summed E-state index contributed by atoms with van der Waals surface area (Å²) in [4.78, 5) is 28.1. The first-order valence-corrected chi connectivity index (χ1v) is 9.55. The van der Waals surface area contributed by atoms with Crippen molar-refractivity contribution in [2.24, 2.45) is 0 Å². The van der Waals surface area contributed by atoms with Gasteiger partial charge in [0.25, 0.3) is 5.91 Å². The van der Waals surface area contributed by atoms with Crippen molar-refractivity contribution in [2.75, 3.05) is 10.6 Å². The Kier molecular flexibility index (Phi) is 4.83. The van der Waals surface area contributed by atoms with E-state index in [1.807, 2.05) is 18.2 Å². The largest absolute Gasteiger partial charge is 0.416 e. The van der Waals surface area contributed by atoms with Crippen molar-refractivity contribution in [2.45, 2.75) is 19.0 Å². The number of hydrogen-bond acceptors (Lipinski definition) is 4. The molecule has 9 heteroatoms. The van der Waals surface area contributed by atoms with Crippen LogP contribution in [0, 0.1) is 0 Å². The number of nitrogens with zero attached hydrogens (tertiary/aromatic N) is 1. The molecule has 29 heavy (non-hydrogen) atoms. The number of carbonyl (C=O) groups is 2. The molecule has 0 aliphatic carbocycles. The molecule has 0 bridgehead atoms. The monoisotopic (exact) mass is 417 g/mol. The molecule has 2 heterocycles. The zero-order chi connectivity index (χ0) is 20.6. The lowest BCUT2D eigenvalue weighted by Crippen LogP contribution is -2.18. The van der Waals surface area contributed by atoms with Gasteiger partial charge in [0, 0.05) is 28.6 Å². The summed E-state index contributed by atoms with van der Waals surface area (Å²) in [6.45, 7) is 0. The fourth-order valence-corrected chi connectivity index (χ4v) is 3.70. The minimum Gasteiger partial charge on any atom is -0.326 e. The van der Waals surface area contributed by atoms with E-state index in [1.165, 1.54) is 11.3 Å². The van der Waals surface area contributed by atoms with Gasteiger partial charge in [-0.2, -0.15) is 13.2 Å². The average Bonchev–Trinajstić information content (AvgIpc) is 3.15. The van der Waals surface area contributed by atoms with E-state index in [-0.39, 0.29) is 11.5 Å². The molecular weight excluding hydrogens is 403 g/mol. The highest BCUT2D eigenvalue weighted by molar-refractivity contribution is 7.14. The summed E-state index contributed by atoms with van der Waals surface area (Å²) in [5, 5.41) is 7.55. The van der Waals surface area contributed by atoms with Gasteiger partial charge >= 0.3 is 6.18 Å². The summed E-state index contributed by atoms with van der Waals surface area (Å²) < 4.78 is 37.9. The van der Waals surface area contributed by atoms with Crippen LogP contribution in [0.2, 0.25) is 0 Å². The third-order valence-electron chi connectivity index (χ3n) is 4.50. The van der Waals surface area contributed by atoms with E-state index in [9.17, 15) is 22.8 Å². The highest BCUT2D eigenvalue weighted by Crippen LogP contribution is 2.31. The number of halogens is 3. The first-order chi connectivity index (χ1) is 13.8. The Bertz CT molecular complexity index is 1090. The van der Waals surface area contributed by atoms with Gasteiger partial charge in [0.05, 0.1) is 11.3 Å². The van der Waals surface area contributed by atoms with E-state index >= 15 is 0 Å². The number of carbonyl (C=O) groups excluding carboxylic acids is 2. The van der Waals surface area contributed by atoms with Crippen LogP contribution in [0.15, 0.2) is 47.8 Å². The lowest BCUT2D eigenvalue weighted by molar-refractivity contribution is -0.137. The van der Waals surface area contributed by atoms with Gasteiger partial charge in [0.2, 0.25) is 5.91 Å². The maximum Gasteiger partial charge on any atom is 0.416 e. The summed E-state index contributed by atoms with van der Waals surface area (Å²) in [5.74, 6) is -0.542. The quantitative estimate of drug-likeness (QED) is 0.632. The van der Waals surface area contributed by atoms with Crippen molar-refractivity contribution in [1.29, 1.82) is 0 Å². The van der Waals surface area contributed by atoms with Crippen LogP contribution in [0.4, 0.5) is 24.0 Å². The molecule has 0 atom stereocenters. The fourth-order valence-electron chi connectivity index (χ4n) is 2.99. The van der Waals surface area contributed by atoms with Crippen LogP contribution in [0.5, 0.6) is 0 Å². The predicted molar refractivity (Wildman–Crippen MR) is 104 cm³/mol. The molecule has 0 saturated heterocycles. The number of thiazole rings is 1. The number of amides is 2. The Morgan fingerprint density at radius 3 is 2.59 bits per heavy atom. The van der Waals surface area contributed by atoms with Gasteiger partial charge in [-0.25, -0.2) is 4.98 Å². The molecule has 1 aromatic heterocycles. The van der Waals surface area contributed by atoms with Gasteiger partial charge in [-0.05, 0) is 48.4 Å². The number of nitrogens with one attached hydrogen (secondary N) is 2. The zero-order valence-corrected chi connectivity index (χ0v) is 15.7. The Hall–Kier alpha value is -3.20. The second kappa shape index (κ2) is 7.32. The Morgan fingerprint density at radius 1 is 1.10 bits per heavy atom. The third-order valence-corrected chi connectivity index (χ3v) is 5.25. The minimum atomic E-state index is -4.45. The molecule has 2 aromatic carbocycles. The number of hydrogen-bond donors (Lipinski definition) is 2. The summed E-state index contributed by atoms with van der Waals surface area (Å²) in [7, 11) is 0. The molecule has 4 rings (SSSR count). The van der Waals surface area contributed by atoms with Gasteiger partial charge < -0.3 is 5.32 Å². The van der Waals surface area contributed by atoms with Crippen molar-refractivity contribution in [3.05, 3.63) is 64.5 Å². The molecule has 2 N–H and O–H groups in total. The molecule has 1 aliphatic rings. The summed E-state index contributed by atoms with van der Waals surface area (Å²) in [5.41, 5.74) is 2.62. The Balaban J connectivity index is 1.48. The van der Waals surface area contributed by atoms with Gasteiger partial charge in [-0.3, -0.25) is 14.9 Å². The average molecular weight is 417 g/mol. The molecule has 148 valence electrons. The fraction of sp³-hybridized carbons (Fsp3) is 0.150. The van der Waals surface area contributed by atoms with Crippen LogP contribution < -0.4 is 10.6 Å². The molecule has 0 fully saturated rings. The number of anilines is 2. The second-order valence-electron chi connectivity index (χ2n) is 6.49. The first kappa shape index (κ1) is 19.1. The van der Waals surface area contributed by atoms with E-state index in [4.69, 9.17) is 0 Å². The molecular formula is C20H14F3N3O2S. The normalized spacial score (nSPS) is 13.6. The predicted octanol–water partition coefficient (Wildman–Crippen LogP) is 4.97. The number of benzene rings is 2. The van der Waals surface area contributed by atoms with Crippen LogP contribution in [0.3, 0.4) is 0 Å². The van der Waals surface area contributed by atoms with E-state index in [0.29, 0.717) is 23.7 Å². The van der Waals surface area contributed by atoms with Crippen LogP contribution in [-0.2, 0) is 17.4 Å². The van der Waals surface area contributed by atoms with Crippen molar-refractivity contribution in [1.82, 2.24) is 4.98 Å². The molecule has 0 spiro atoms. The van der Waals surface area contributed by atoms with Gasteiger partial charge in [0.15, 0.2) is 5.13 Å². The lowest BCUT2D eigenvalue weighted by Gasteiger charge is -2.17. The smallest absolute Gasteiger partial charge is 0.326 e. The lowest BCUT2D eigenvalue weighted by atomic mass is 9.99. The SMILES string of the molecule is O=C1CCc2cc(-c3csc(NC(=O)c4ccc(C(F)(F)F)cc4)n3)ccc2N1. The molecule has 3 aromatic rings. The number of rotatable bonds is 3. The summed E-state index contributed by atoms with van der Waals surface area (Å²) >= 11 is 1.22. The molecule has 1 aliphatic heterocycles. The van der Waals surface area contributed by atoms with E-state index < -0.39 is 17.6 Å². The first-order valence-electron chi connectivity index (χ1n) is 8.67. The summed E-state index contributed by atoms with van der Waals surface area (Å²) in [6, 6.07) is 9.60. The van der Waals surface area contributed by atoms with Crippen molar-refractivity contribution < 1.29 is 22.8 Å². The molecule has 0 radical (unpaired) electrons. The Labute approximate surface area is 167 Å².